The van der Waals surface area contributed by atoms with Gasteiger partial charge in [-0.3, -0.25) is 19.4 Å². The van der Waals surface area contributed by atoms with Crippen LogP contribution in [0.25, 0.3) is 0 Å². The van der Waals surface area contributed by atoms with Crippen molar-refractivity contribution < 1.29 is 19.1 Å². The SMILES string of the molecule is Cc1ccc(OCCN2CCC(CC(=O)NCCc3ccc(OCCCN4CCN(CC(N)=O)CC4)cc3)CC2)cc1. The number of likely N-dealkylation sites (tertiary alicyclic amines) is 1. The van der Waals surface area contributed by atoms with Crippen molar-refractivity contribution in [2.24, 2.45) is 11.7 Å². The molecule has 2 aliphatic heterocycles. The topological polar surface area (TPSA) is 100 Å². The number of carbonyl (C=O) groups excluding carboxylic acids is 2. The molecule has 0 spiro atoms. The van der Waals surface area contributed by atoms with Crippen molar-refractivity contribution in [2.75, 3.05) is 78.7 Å². The van der Waals surface area contributed by atoms with Gasteiger partial charge in [-0.1, -0.05) is 29.8 Å². The molecule has 3 N–H and O–H groups in total. The summed E-state index contributed by atoms with van der Waals surface area (Å²) >= 11 is 0. The summed E-state index contributed by atoms with van der Waals surface area (Å²) in [5.41, 5.74) is 7.72. The van der Waals surface area contributed by atoms with E-state index in [4.69, 9.17) is 15.2 Å². The summed E-state index contributed by atoms with van der Waals surface area (Å²) in [5, 5.41) is 3.11. The first-order valence-electron chi connectivity index (χ1n) is 15.6. The predicted octanol–water partition coefficient (Wildman–Crippen LogP) is 2.71. The number of piperazine rings is 1. The van der Waals surface area contributed by atoms with Crippen molar-refractivity contribution in [1.82, 2.24) is 20.0 Å². The third-order valence-electron chi connectivity index (χ3n) is 8.27. The maximum atomic E-state index is 12.5. The van der Waals surface area contributed by atoms with E-state index in [2.05, 4.69) is 51.2 Å². The zero-order valence-electron chi connectivity index (χ0n) is 25.3. The number of ether oxygens (including phenoxy) is 2. The molecule has 42 heavy (non-hydrogen) atoms. The maximum Gasteiger partial charge on any atom is 0.231 e. The van der Waals surface area contributed by atoms with Crippen molar-refractivity contribution in [2.45, 2.75) is 39.0 Å². The lowest BCUT2D eigenvalue weighted by Gasteiger charge is -2.33. The van der Waals surface area contributed by atoms with E-state index in [1.165, 1.54) is 11.1 Å². The molecule has 230 valence electrons. The number of nitrogens with two attached hydrogens (primary N) is 1. The fraction of sp³-hybridized carbons (Fsp3) is 0.576. The second-order valence-corrected chi connectivity index (χ2v) is 11.7. The van der Waals surface area contributed by atoms with Crippen LogP contribution in [0.4, 0.5) is 0 Å². The molecule has 2 fully saturated rings. The Morgan fingerprint density at radius 2 is 1.40 bits per heavy atom. The Kier molecular flexibility index (Phi) is 12.9. The molecular formula is C33H49N5O4. The van der Waals surface area contributed by atoms with Crippen LogP contribution in [0.1, 0.15) is 36.8 Å². The predicted molar refractivity (Wildman–Crippen MR) is 166 cm³/mol. The van der Waals surface area contributed by atoms with Gasteiger partial charge in [-0.05, 0) is 81.4 Å². The zero-order valence-corrected chi connectivity index (χ0v) is 25.3. The molecular weight excluding hydrogens is 530 g/mol. The largest absolute Gasteiger partial charge is 0.494 e. The van der Waals surface area contributed by atoms with Crippen LogP contribution < -0.4 is 20.5 Å². The Balaban J connectivity index is 1.00. The minimum absolute atomic E-state index is 0.158. The summed E-state index contributed by atoms with van der Waals surface area (Å²) in [4.78, 5) is 30.5. The normalized spacial score (nSPS) is 17.2. The molecule has 2 heterocycles. The minimum atomic E-state index is -0.258. The zero-order chi connectivity index (χ0) is 29.6. The number of hydrogen-bond acceptors (Lipinski definition) is 7. The summed E-state index contributed by atoms with van der Waals surface area (Å²) in [6.07, 6.45) is 4.52. The van der Waals surface area contributed by atoms with Crippen LogP contribution in [0, 0.1) is 12.8 Å². The third kappa shape index (κ3) is 11.6. The van der Waals surface area contributed by atoms with Crippen LogP contribution in [-0.2, 0) is 16.0 Å². The first-order valence-corrected chi connectivity index (χ1v) is 15.6. The molecule has 0 atom stereocenters. The molecule has 9 nitrogen and oxygen atoms in total. The second-order valence-electron chi connectivity index (χ2n) is 11.7. The first-order chi connectivity index (χ1) is 20.4. The first kappa shape index (κ1) is 31.8. The second kappa shape index (κ2) is 17.1. The lowest BCUT2D eigenvalue weighted by atomic mass is 9.93. The molecule has 0 aliphatic carbocycles. The van der Waals surface area contributed by atoms with Crippen molar-refractivity contribution in [3.8, 4) is 11.5 Å². The van der Waals surface area contributed by atoms with Crippen molar-refractivity contribution in [3.05, 3.63) is 59.7 Å². The van der Waals surface area contributed by atoms with Gasteiger partial charge in [-0.2, -0.15) is 0 Å². The highest BCUT2D eigenvalue weighted by atomic mass is 16.5. The minimum Gasteiger partial charge on any atom is -0.494 e. The van der Waals surface area contributed by atoms with E-state index in [0.29, 0.717) is 38.6 Å². The number of piperidine rings is 1. The fourth-order valence-corrected chi connectivity index (χ4v) is 5.64. The summed E-state index contributed by atoms with van der Waals surface area (Å²) in [6.45, 7) is 12.1. The van der Waals surface area contributed by atoms with E-state index in [1.54, 1.807) is 0 Å². The van der Waals surface area contributed by atoms with E-state index >= 15 is 0 Å². The van der Waals surface area contributed by atoms with Crippen LogP contribution >= 0.6 is 0 Å². The van der Waals surface area contributed by atoms with Gasteiger partial charge in [-0.15, -0.1) is 0 Å². The summed E-state index contributed by atoms with van der Waals surface area (Å²) in [5.74, 6) is 2.16. The van der Waals surface area contributed by atoms with Gasteiger partial charge < -0.3 is 25.4 Å². The van der Waals surface area contributed by atoms with Crippen molar-refractivity contribution in [1.29, 1.82) is 0 Å². The van der Waals surface area contributed by atoms with Crippen LogP contribution in [0.15, 0.2) is 48.5 Å². The van der Waals surface area contributed by atoms with Gasteiger partial charge in [0.2, 0.25) is 11.8 Å². The van der Waals surface area contributed by atoms with E-state index in [-0.39, 0.29) is 11.8 Å². The van der Waals surface area contributed by atoms with Gasteiger partial charge in [-0.25, -0.2) is 0 Å². The van der Waals surface area contributed by atoms with E-state index in [1.807, 2.05) is 24.3 Å². The van der Waals surface area contributed by atoms with E-state index in [0.717, 1.165) is 89.5 Å². The average molecular weight is 580 g/mol. The van der Waals surface area contributed by atoms with Crippen molar-refractivity contribution in [3.63, 3.8) is 0 Å². The number of primary amides is 1. The number of carbonyl (C=O) groups is 2. The number of nitrogens with zero attached hydrogens (tertiary/aromatic N) is 3. The fourth-order valence-electron chi connectivity index (χ4n) is 5.64. The molecule has 0 aromatic heterocycles. The number of aryl methyl sites for hydroxylation is 1. The van der Waals surface area contributed by atoms with Crippen LogP contribution in [0.2, 0.25) is 0 Å². The monoisotopic (exact) mass is 579 g/mol. The lowest BCUT2D eigenvalue weighted by molar-refractivity contribution is -0.122. The molecule has 2 aromatic carbocycles. The summed E-state index contributed by atoms with van der Waals surface area (Å²) in [6, 6.07) is 16.4. The highest BCUT2D eigenvalue weighted by molar-refractivity contribution is 5.76. The number of benzene rings is 2. The van der Waals surface area contributed by atoms with Crippen LogP contribution in [0.5, 0.6) is 11.5 Å². The Labute approximate surface area is 251 Å². The molecule has 2 amide bonds. The Hall–Kier alpha value is -3.14. The number of nitrogens with one attached hydrogen (secondary N) is 1. The summed E-state index contributed by atoms with van der Waals surface area (Å²) < 4.78 is 11.8. The molecule has 2 saturated heterocycles. The van der Waals surface area contributed by atoms with Gasteiger partial charge in [0, 0.05) is 52.2 Å². The Morgan fingerprint density at radius 1 is 0.810 bits per heavy atom. The molecule has 0 radical (unpaired) electrons. The molecule has 0 unspecified atom stereocenters. The summed E-state index contributed by atoms with van der Waals surface area (Å²) in [7, 11) is 0. The molecule has 4 rings (SSSR count). The quantitative estimate of drug-likeness (QED) is 0.295. The number of hydrogen-bond donors (Lipinski definition) is 2. The van der Waals surface area contributed by atoms with Crippen LogP contribution in [-0.4, -0.2) is 105 Å². The molecule has 9 heteroatoms. The molecule has 2 aromatic rings. The average Bonchev–Trinajstić information content (AvgIpc) is 2.98. The molecule has 2 aliphatic rings. The van der Waals surface area contributed by atoms with Gasteiger partial charge >= 0.3 is 0 Å². The van der Waals surface area contributed by atoms with Gasteiger partial charge in [0.05, 0.1) is 13.2 Å². The van der Waals surface area contributed by atoms with Gasteiger partial charge in [0.15, 0.2) is 0 Å². The lowest BCUT2D eigenvalue weighted by Crippen LogP contribution is -2.49. The Bertz CT molecular complexity index is 1080. The third-order valence-corrected chi connectivity index (χ3v) is 8.27. The van der Waals surface area contributed by atoms with E-state index < -0.39 is 0 Å². The number of rotatable bonds is 16. The molecule has 0 saturated carbocycles. The number of amides is 2. The van der Waals surface area contributed by atoms with E-state index in [9.17, 15) is 9.59 Å². The van der Waals surface area contributed by atoms with Gasteiger partial charge in [0.25, 0.3) is 0 Å². The maximum absolute atomic E-state index is 12.5. The molecule has 0 bridgehead atoms. The van der Waals surface area contributed by atoms with Gasteiger partial charge in [0.1, 0.15) is 18.1 Å². The standard InChI is InChI=1S/C33H49N5O4/c1-27-3-7-30(8-4-27)42-24-22-37-16-12-29(13-17-37)25-33(40)35-14-11-28-5-9-31(10-6-28)41-23-2-15-36-18-20-38(21-19-36)26-32(34)39/h3-10,29H,2,11-26H2,1H3,(H2,34,39)(H,35,40). The van der Waals surface area contributed by atoms with Crippen LogP contribution in [0.3, 0.4) is 0 Å². The highest BCUT2D eigenvalue weighted by Gasteiger charge is 2.21. The van der Waals surface area contributed by atoms with Crippen molar-refractivity contribution >= 4 is 11.8 Å². The smallest absolute Gasteiger partial charge is 0.231 e. The Morgan fingerprint density at radius 3 is 2.07 bits per heavy atom. The highest BCUT2D eigenvalue weighted by Crippen LogP contribution is 2.21.